The van der Waals surface area contributed by atoms with Crippen molar-refractivity contribution in [3.8, 4) is 113 Å². The van der Waals surface area contributed by atoms with E-state index in [0.717, 1.165) is 156 Å². The Morgan fingerprint density at radius 2 is 0.750 bits per heavy atom. The van der Waals surface area contributed by atoms with Crippen molar-refractivity contribution in [3.63, 3.8) is 0 Å². The lowest BCUT2D eigenvalue weighted by molar-refractivity contribution is 1.06. The molecule has 0 spiro atoms. The smallest absolute Gasteiger partial charge is 0.251 e. The molecule has 10 nitrogen and oxygen atoms in total. The molecule has 482 valence electrons. The van der Waals surface area contributed by atoms with E-state index >= 15 is 0 Å². The molecule has 17 aromatic rings. The summed E-state index contributed by atoms with van der Waals surface area (Å²) in [6, 6.07) is 123. The van der Waals surface area contributed by atoms with E-state index in [4.69, 9.17) is 31.5 Å². The monoisotopic (exact) mass is 1320 g/mol. The fraction of sp³-hybridized carbons (Fsp3) is 0. The predicted molar refractivity (Wildman–Crippen MR) is 424 cm³/mol. The van der Waals surface area contributed by atoms with Crippen LogP contribution < -0.4 is 26.2 Å². The molecule has 0 bridgehead atoms. The molecule has 0 saturated carbocycles. The van der Waals surface area contributed by atoms with E-state index in [2.05, 4.69) is 238 Å². The molecule has 0 atom stereocenters. The van der Waals surface area contributed by atoms with Crippen LogP contribution in [0.15, 0.2) is 346 Å². The van der Waals surface area contributed by atoms with Crippen LogP contribution >= 0.6 is 0 Å². The zero-order chi connectivity index (χ0) is 69.2. The van der Waals surface area contributed by atoms with Gasteiger partial charge in [0, 0.05) is 78.3 Å². The standard InChI is InChI=1S/C93H57BN10/c1-96-72-43-49-79-86(57-72)103(74-46-39-64(40-47-74)62-24-10-3-11-25-62)88-56-71(55-87-89(88)94(79)78-48-36-60(59-95)52-85(78)102(87)73-44-37-63(38-45-73)61-22-8-2-9-23-61)69-41-50-83-76(53-69)75-34-20-21-35-82(75)104(83)84-51-42-70(92-97-80(65-26-12-4-13-27-65)58-81(98-92)66-28-14-5-15-29-66)54-77(84)93-100-90(67-30-16-6-17-31-67)99-91(101-93)68-32-18-7-19-33-68/h2-58H. The minimum atomic E-state index is -0.269. The normalized spacial score (nSPS) is 12.0. The number of nitrogens with zero attached hydrogens (tertiary/aromatic N) is 10. The largest absolute Gasteiger partial charge is 0.313 e. The Morgan fingerprint density at radius 3 is 1.29 bits per heavy atom. The van der Waals surface area contributed by atoms with Gasteiger partial charge in [-0.2, -0.15) is 5.26 Å². The number of benzene rings is 14. The summed E-state index contributed by atoms with van der Waals surface area (Å²) in [6.07, 6.45) is 0. The number of aromatic nitrogens is 6. The quantitative estimate of drug-likeness (QED) is 0.0880. The van der Waals surface area contributed by atoms with Gasteiger partial charge >= 0.3 is 0 Å². The molecule has 5 heterocycles. The van der Waals surface area contributed by atoms with Gasteiger partial charge in [-0.25, -0.2) is 29.8 Å². The molecule has 0 radical (unpaired) electrons. The van der Waals surface area contributed by atoms with Crippen molar-refractivity contribution in [2.24, 2.45) is 0 Å². The molecule has 104 heavy (non-hydrogen) atoms. The molecule has 0 aliphatic carbocycles. The maximum absolute atomic E-state index is 10.7. The Hall–Kier alpha value is -14.4. The van der Waals surface area contributed by atoms with E-state index in [1.807, 2.05) is 133 Å². The van der Waals surface area contributed by atoms with Crippen molar-refractivity contribution >= 4 is 84.7 Å². The molecule has 11 heteroatoms. The van der Waals surface area contributed by atoms with Gasteiger partial charge in [0.2, 0.25) is 0 Å². The lowest BCUT2D eigenvalue weighted by Crippen LogP contribution is -2.61. The molecule has 0 amide bonds. The van der Waals surface area contributed by atoms with E-state index in [-0.39, 0.29) is 6.71 Å². The zero-order valence-corrected chi connectivity index (χ0v) is 56.0. The lowest BCUT2D eigenvalue weighted by atomic mass is 9.33. The first-order valence-corrected chi connectivity index (χ1v) is 34.7. The third-order valence-electron chi connectivity index (χ3n) is 20.1. The highest BCUT2D eigenvalue weighted by Gasteiger charge is 2.44. The first kappa shape index (κ1) is 60.8. The predicted octanol–water partition coefficient (Wildman–Crippen LogP) is 21.3. The fourth-order valence-electron chi connectivity index (χ4n) is 15.2. The van der Waals surface area contributed by atoms with Crippen molar-refractivity contribution in [1.82, 2.24) is 29.5 Å². The Balaban J connectivity index is 0.847. The summed E-state index contributed by atoms with van der Waals surface area (Å²) >= 11 is 0. The molecule has 0 saturated heterocycles. The average Bonchev–Trinajstić information content (AvgIpc) is 0.765. The minimum absolute atomic E-state index is 0.269. The second kappa shape index (κ2) is 25.4. The Bertz CT molecular complexity index is 6010. The number of anilines is 6. The van der Waals surface area contributed by atoms with Crippen LogP contribution in [0.1, 0.15) is 5.56 Å². The van der Waals surface area contributed by atoms with Gasteiger partial charge in [0.05, 0.1) is 46.3 Å². The first-order valence-electron chi connectivity index (χ1n) is 34.7. The third kappa shape index (κ3) is 10.6. The maximum atomic E-state index is 10.7. The number of fused-ring (bicyclic) bond motifs is 7. The molecule has 19 rings (SSSR count). The van der Waals surface area contributed by atoms with Gasteiger partial charge in [-0.15, -0.1) is 0 Å². The van der Waals surface area contributed by atoms with Crippen LogP contribution in [0.2, 0.25) is 0 Å². The van der Waals surface area contributed by atoms with Gasteiger partial charge in [-0.1, -0.05) is 249 Å². The summed E-state index contributed by atoms with van der Waals surface area (Å²) in [7, 11) is 0. The highest BCUT2D eigenvalue weighted by atomic mass is 15.2. The second-order valence-corrected chi connectivity index (χ2v) is 26.1. The minimum Gasteiger partial charge on any atom is -0.313 e. The summed E-state index contributed by atoms with van der Waals surface area (Å²) < 4.78 is 2.34. The number of para-hydroxylation sites is 1. The van der Waals surface area contributed by atoms with Crippen LogP contribution in [0.3, 0.4) is 0 Å². The Morgan fingerprint density at radius 1 is 0.308 bits per heavy atom. The van der Waals surface area contributed by atoms with Crippen molar-refractivity contribution in [3.05, 3.63) is 363 Å². The Labute approximate surface area is 601 Å². The van der Waals surface area contributed by atoms with Crippen molar-refractivity contribution in [2.45, 2.75) is 0 Å². The third-order valence-corrected chi connectivity index (χ3v) is 20.1. The molecule has 2 aliphatic rings. The topological polar surface area (TPSA) is 104 Å². The molecule has 14 aromatic carbocycles. The van der Waals surface area contributed by atoms with E-state index in [9.17, 15) is 5.26 Å². The molecular weight excluding hydrogens is 1270 g/mol. The van der Waals surface area contributed by atoms with E-state index in [1.165, 1.54) is 0 Å². The second-order valence-electron chi connectivity index (χ2n) is 26.1. The molecule has 0 N–H and O–H groups in total. The Kier molecular flexibility index (Phi) is 14.8. The lowest BCUT2D eigenvalue weighted by Gasteiger charge is -2.44. The molecule has 2 aliphatic heterocycles. The van der Waals surface area contributed by atoms with Gasteiger partial charge in [0.15, 0.2) is 29.0 Å². The van der Waals surface area contributed by atoms with Crippen LogP contribution in [-0.2, 0) is 0 Å². The average molecular weight is 1330 g/mol. The summed E-state index contributed by atoms with van der Waals surface area (Å²) in [5.41, 5.74) is 26.0. The first-order chi connectivity index (χ1) is 51.4. The summed E-state index contributed by atoms with van der Waals surface area (Å²) in [6.45, 7) is 8.16. The maximum Gasteiger partial charge on any atom is 0.251 e. The van der Waals surface area contributed by atoms with Crippen LogP contribution in [0.5, 0.6) is 0 Å². The number of hydrogen-bond donors (Lipinski definition) is 0. The van der Waals surface area contributed by atoms with Gasteiger partial charge < -0.3 is 14.4 Å². The van der Waals surface area contributed by atoms with Gasteiger partial charge in [-0.3, -0.25) is 0 Å². The van der Waals surface area contributed by atoms with Crippen LogP contribution in [0, 0.1) is 17.9 Å². The van der Waals surface area contributed by atoms with Gasteiger partial charge in [0.25, 0.3) is 6.71 Å². The van der Waals surface area contributed by atoms with Gasteiger partial charge in [0.1, 0.15) is 0 Å². The number of nitriles is 1. The van der Waals surface area contributed by atoms with Crippen molar-refractivity contribution in [1.29, 1.82) is 5.26 Å². The fourth-order valence-corrected chi connectivity index (χ4v) is 15.2. The SMILES string of the molecule is [C-]#[N+]c1ccc2c(c1)N(c1ccc(-c3ccccc3)cc1)c1cc(-c3ccc4c(c3)c3ccccc3n4-c3ccc(-c4nc(-c5ccccc5)cc(-c5ccccc5)n4)cc3-c3nc(-c4ccccc4)nc(-c4ccccc4)n3)cc3c1B2c1ccc(C#N)cc1N3c1ccc(-c2ccccc2)cc1. The van der Waals surface area contributed by atoms with Crippen LogP contribution in [-0.4, -0.2) is 36.2 Å². The number of hydrogen-bond acceptors (Lipinski definition) is 8. The van der Waals surface area contributed by atoms with Crippen LogP contribution in [0.4, 0.5) is 39.8 Å². The summed E-state index contributed by atoms with van der Waals surface area (Å²) in [5, 5.41) is 12.8. The molecular formula is C93H57BN10. The summed E-state index contributed by atoms with van der Waals surface area (Å²) in [4.78, 5) is 35.5. The molecule has 0 fully saturated rings. The summed E-state index contributed by atoms with van der Waals surface area (Å²) in [5.74, 6) is 2.11. The molecule has 3 aromatic heterocycles. The highest BCUT2D eigenvalue weighted by molar-refractivity contribution is 7.00. The van der Waals surface area contributed by atoms with E-state index in [1.54, 1.807) is 0 Å². The van der Waals surface area contributed by atoms with Crippen molar-refractivity contribution < 1.29 is 0 Å². The number of rotatable bonds is 12. The van der Waals surface area contributed by atoms with E-state index in [0.29, 0.717) is 34.5 Å². The highest BCUT2D eigenvalue weighted by Crippen LogP contribution is 2.49. The van der Waals surface area contributed by atoms with E-state index < -0.39 is 0 Å². The molecule has 0 unspecified atom stereocenters. The zero-order valence-electron chi connectivity index (χ0n) is 56.0. The van der Waals surface area contributed by atoms with Crippen molar-refractivity contribution in [2.75, 3.05) is 9.80 Å². The van der Waals surface area contributed by atoms with Crippen LogP contribution in [0.25, 0.3) is 134 Å². The van der Waals surface area contributed by atoms with Gasteiger partial charge in [-0.05, 0) is 147 Å².